The molecule has 1 aliphatic heterocycles. The number of hydrogen-bond acceptors (Lipinski definition) is 5. The Bertz CT molecular complexity index is 986. The normalized spacial score (nSPS) is 16.2. The highest BCUT2D eigenvalue weighted by atomic mass is 32.1. The van der Waals surface area contributed by atoms with Crippen molar-refractivity contribution in [2.75, 3.05) is 25.0 Å². The fraction of sp³-hybridized carbons (Fsp3) is 0.333. The highest BCUT2D eigenvalue weighted by molar-refractivity contribution is 7.14. The number of amides is 1. The molecule has 0 saturated carbocycles. The molecule has 0 spiro atoms. The van der Waals surface area contributed by atoms with E-state index >= 15 is 0 Å². The second-order valence-corrected chi connectivity index (χ2v) is 8.40. The number of piperidine rings is 1. The van der Waals surface area contributed by atoms with Crippen molar-refractivity contribution >= 4 is 22.4 Å². The molecule has 1 fully saturated rings. The van der Waals surface area contributed by atoms with Crippen molar-refractivity contribution in [3.8, 4) is 11.3 Å². The minimum atomic E-state index is -0.387. The number of nitrogens with zero attached hydrogens (tertiary/aromatic N) is 2. The molecule has 5 nitrogen and oxygen atoms in total. The number of carbonyl (C=O) groups excluding carboxylic acids is 1. The first-order valence-corrected chi connectivity index (χ1v) is 11.4. The van der Waals surface area contributed by atoms with Gasteiger partial charge in [0.1, 0.15) is 11.9 Å². The fourth-order valence-electron chi connectivity index (χ4n) is 3.96. The SMILES string of the molecule is CCOC1CCN(C(C(=O)Nc2nc(-c3ccc(F)cc3)cs2)c2ccccc2)CC1. The Labute approximate surface area is 185 Å². The van der Waals surface area contributed by atoms with E-state index in [1.807, 2.05) is 42.6 Å². The fourth-order valence-corrected chi connectivity index (χ4v) is 4.68. The van der Waals surface area contributed by atoms with E-state index in [0.29, 0.717) is 17.4 Å². The highest BCUT2D eigenvalue weighted by Gasteiger charge is 2.31. The van der Waals surface area contributed by atoms with E-state index in [4.69, 9.17) is 4.74 Å². The average molecular weight is 440 g/mol. The molecule has 162 valence electrons. The number of anilines is 1. The molecule has 1 saturated heterocycles. The van der Waals surface area contributed by atoms with Crippen molar-refractivity contribution in [3.05, 3.63) is 71.4 Å². The van der Waals surface area contributed by atoms with Crippen molar-refractivity contribution in [2.45, 2.75) is 31.9 Å². The Morgan fingerprint density at radius 2 is 1.90 bits per heavy atom. The van der Waals surface area contributed by atoms with E-state index < -0.39 is 0 Å². The first kappa shape index (κ1) is 21.6. The standard InChI is InChI=1S/C24H26FN3O2S/c1-2-30-20-12-14-28(15-13-20)22(18-6-4-3-5-7-18)23(29)27-24-26-21(16-31-24)17-8-10-19(25)11-9-17/h3-11,16,20,22H,2,12-15H2,1H3,(H,26,27,29). The maximum Gasteiger partial charge on any atom is 0.248 e. The minimum Gasteiger partial charge on any atom is -0.378 e. The number of carbonyl (C=O) groups is 1. The molecular weight excluding hydrogens is 413 g/mol. The molecule has 1 aliphatic rings. The second-order valence-electron chi connectivity index (χ2n) is 7.54. The zero-order valence-electron chi connectivity index (χ0n) is 17.5. The molecule has 31 heavy (non-hydrogen) atoms. The largest absolute Gasteiger partial charge is 0.378 e. The second kappa shape index (κ2) is 10.1. The summed E-state index contributed by atoms with van der Waals surface area (Å²) >= 11 is 1.37. The van der Waals surface area contributed by atoms with E-state index in [1.165, 1.54) is 23.5 Å². The van der Waals surface area contributed by atoms with Crippen LogP contribution in [0.4, 0.5) is 9.52 Å². The number of hydrogen-bond donors (Lipinski definition) is 1. The zero-order chi connectivity index (χ0) is 21.6. The molecule has 2 heterocycles. The summed E-state index contributed by atoms with van der Waals surface area (Å²) in [5.74, 6) is -0.382. The molecule has 7 heteroatoms. The lowest BCUT2D eigenvalue weighted by Gasteiger charge is -2.36. The first-order valence-electron chi connectivity index (χ1n) is 10.6. The van der Waals surface area contributed by atoms with Crippen LogP contribution in [0.5, 0.6) is 0 Å². The molecule has 2 aromatic carbocycles. The van der Waals surface area contributed by atoms with Crippen LogP contribution in [0.1, 0.15) is 31.4 Å². The van der Waals surface area contributed by atoms with Crippen LogP contribution < -0.4 is 5.32 Å². The third-order valence-corrected chi connectivity index (χ3v) is 6.24. The zero-order valence-corrected chi connectivity index (χ0v) is 18.3. The van der Waals surface area contributed by atoms with Crippen LogP contribution in [0.3, 0.4) is 0 Å². The Hall–Kier alpha value is -2.61. The summed E-state index contributed by atoms with van der Waals surface area (Å²) in [6.07, 6.45) is 2.09. The smallest absolute Gasteiger partial charge is 0.248 e. The van der Waals surface area contributed by atoms with Crippen LogP contribution in [0.25, 0.3) is 11.3 Å². The summed E-state index contributed by atoms with van der Waals surface area (Å²) in [6.45, 7) is 4.33. The van der Waals surface area contributed by atoms with Gasteiger partial charge in [-0.15, -0.1) is 11.3 Å². The van der Waals surface area contributed by atoms with Crippen molar-refractivity contribution in [1.82, 2.24) is 9.88 Å². The first-order chi connectivity index (χ1) is 15.1. The van der Waals surface area contributed by atoms with Gasteiger partial charge in [0.25, 0.3) is 0 Å². The number of rotatable bonds is 7. The lowest BCUT2D eigenvalue weighted by molar-refractivity contribution is -0.122. The molecule has 1 unspecified atom stereocenters. The van der Waals surface area contributed by atoms with E-state index in [-0.39, 0.29) is 23.9 Å². The molecule has 1 aromatic heterocycles. The Morgan fingerprint density at radius 3 is 2.58 bits per heavy atom. The van der Waals surface area contributed by atoms with Gasteiger partial charge in [0.05, 0.1) is 11.8 Å². The summed E-state index contributed by atoms with van der Waals surface area (Å²) < 4.78 is 19.0. The summed E-state index contributed by atoms with van der Waals surface area (Å²) in [5.41, 5.74) is 2.50. The number of nitrogens with one attached hydrogen (secondary N) is 1. The van der Waals surface area contributed by atoms with E-state index in [9.17, 15) is 9.18 Å². The van der Waals surface area contributed by atoms with E-state index in [0.717, 1.165) is 37.1 Å². The molecule has 0 radical (unpaired) electrons. The van der Waals surface area contributed by atoms with Gasteiger partial charge >= 0.3 is 0 Å². The number of benzene rings is 2. The molecular formula is C24H26FN3O2S. The van der Waals surface area contributed by atoms with Gasteiger partial charge in [0.15, 0.2) is 5.13 Å². The number of ether oxygens (including phenoxy) is 1. The molecule has 3 aromatic rings. The third kappa shape index (κ3) is 5.36. The summed E-state index contributed by atoms with van der Waals surface area (Å²) in [7, 11) is 0. The summed E-state index contributed by atoms with van der Waals surface area (Å²) in [6, 6.07) is 15.6. The van der Waals surface area contributed by atoms with Crippen LogP contribution in [0, 0.1) is 5.82 Å². The highest BCUT2D eigenvalue weighted by Crippen LogP contribution is 2.29. The number of halogens is 1. The van der Waals surface area contributed by atoms with E-state index in [1.54, 1.807) is 12.1 Å². The number of thiazole rings is 1. The maximum absolute atomic E-state index is 13.3. The van der Waals surface area contributed by atoms with Gasteiger partial charge in [-0.25, -0.2) is 9.37 Å². The van der Waals surface area contributed by atoms with Gasteiger partial charge in [0, 0.05) is 30.6 Å². The van der Waals surface area contributed by atoms with Gasteiger partial charge in [-0.2, -0.15) is 0 Å². The van der Waals surface area contributed by atoms with Crippen molar-refractivity contribution in [1.29, 1.82) is 0 Å². The average Bonchev–Trinajstić information content (AvgIpc) is 3.25. The lowest BCUT2D eigenvalue weighted by atomic mass is 10.00. The molecule has 1 atom stereocenters. The molecule has 1 amide bonds. The van der Waals surface area contributed by atoms with Crippen LogP contribution in [0.2, 0.25) is 0 Å². The number of aromatic nitrogens is 1. The van der Waals surface area contributed by atoms with Crippen LogP contribution in [0.15, 0.2) is 60.0 Å². The Morgan fingerprint density at radius 1 is 1.19 bits per heavy atom. The molecule has 0 aliphatic carbocycles. The molecule has 4 rings (SSSR count). The minimum absolute atomic E-state index is 0.0962. The molecule has 1 N–H and O–H groups in total. The predicted octanol–water partition coefficient (Wildman–Crippen LogP) is 5.13. The van der Waals surface area contributed by atoms with Crippen LogP contribution in [-0.2, 0) is 9.53 Å². The van der Waals surface area contributed by atoms with Gasteiger partial charge in [-0.1, -0.05) is 30.3 Å². The van der Waals surface area contributed by atoms with Crippen LogP contribution >= 0.6 is 11.3 Å². The van der Waals surface area contributed by atoms with Gasteiger partial charge in [0.2, 0.25) is 5.91 Å². The number of likely N-dealkylation sites (tertiary alicyclic amines) is 1. The van der Waals surface area contributed by atoms with Crippen molar-refractivity contribution in [3.63, 3.8) is 0 Å². The summed E-state index contributed by atoms with van der Waals surface area (Å²) in [4.78, 5) is 20.1. The summed E-state index contributed by atoms with van der Waals surface area (Å²) in [5, 5.41) is 5.40. The maximum atomic E-state index is 13.3. The van der Waals surface area contributed by atoms with Crippen LogP contribution in [-0.4, -0.2) is 41.6 Å². The van der Waals surface area contributed by atoms with Gasteiger partial charge in [-0.3, -0.25) is 9.69 Å². The van der Waals surface area contributed by atoms with Crippen molar-refractivity contribution in [2.24, 2.45) is 0 Å². The van der Waals surface area contributed by atoms with Gasteiger partial charge in [-0.05, 0) is 49.6 Å². The lowest BCUT2D eigenvalue weighted by Crippen LogP contribution is -2.43. The predicted molar refractivity (Wildman–Crippen MR) is 122 cm³/mol. The Kier molecular flexibility index (Phi) is 7.06. The topological polar surface area (TPSA) is 54.5 Å². The van der Waals surface area contributed by atoms with Gasteiger partial charge < -0.3 is 10.1 Å². The molecule has 0 bridgehead atoms. The quantitative estimate of drug-likeness (QED) is 0.555. The Balaban J connectivity index is 1.50. The van der Waals surface area contributed by atoms with E-state index in [2.05, 4.69) is 15.2 Å². The van der Waals surface area contributed by atoms with Crippen molar-refractivity contribution < 1.29 is 13.9 Å². The third-order valence-electron chi connectivity index (χ3n) is 5.48. The monoisotopic (exact) mass is 439 g/mol.